The fourth-order valence-corrected chi connectivity index (χ4v) is 3.51. The molecule has 0 spiro atoms. The van der Waals surface area contributed by atoms with E-state index in [4.69, 9.17) is 5.73 Å². The second kappa shape index (κ2) is 6.03. The standard InChI is InChI=1S/C17H20FN4P/c1-17(18,23)12-7-13(20)10-22(9-12)15-5-4-11(8-19)16-14(15)3-2-6-21-16/h2-6,12-13H,7,9-10,20,23H2,1H3. The number of halogens is 1. The predicted molar refractivity (Wildman–Crippen MR) is 94.0 cm³/mol. The molecule has 0 bridgehead atoms. The maximum Gasteiger partial charge on any atom is 0.125 e. The topological polar surface area (TPSA) is 65.9 Å². The monoisotopic (exact) mass is 330 g/mol. The van der Waals surface area contributed by atoms with Crippen molar-refractivity contribution in [3.63, 3.8) is 0 Å². The van der Waals surface area contributed by atoms with Gasteiger partial charge < -0.3 is 10.6 Å². The highest BCUT2D eigenvalue weighted by Crippen LogP contribution is 2.38. The molecule has 1 aromatic carbocycles. The van der Waals surface area contributed by atoms with Gasteiger partial charge in [0.15, 0.2) is 0 Å². The number of nitrogens with two attached hydrogens (primary N) is 1. The van der Waals surface area contributed by atoms with Crippen LogP contribution in [0.1, 0.15) is 18.9 Å². The lowest BCUT2D eigenvalue weighted by Crippen LogP contribution is -2.51. The Hall–Kier alpha value is -1.76. The number of aromatic nitrogens is 1. The lowest BCUT2D eigenvalue weighted by atomic mass is 9.90. The Morgan fingerprint density at radius 3 is 2.91 bits per heavy atom. The molecule has 4 unspecified atom stereocenters. The number of nitriles is 1. The fraction of sp³-hybridized carbons (Fsp3) is 0.412. The van der Waals surface area contributed by atoms with Crippen molar-refractivity contribution in [3.05, 3.63) is 36.0 Å². The van der Waals surface area contributed by atoms with Gasteiger partial charge in [-0.15, -0.1) is 0 Å². The number of fused-ring (bicyclic) bond motifs is 1. The van der Waals surface area contributed by atoms with Crippen LogP contribution in [-0.2, 0) is 0 Å². The molecular formula is C17H20FN4P. The van der Waals surface area contributed by atoms with E-state index in [9.17, 15) is 9.65 Å². The van der Waals surface area contributed by atoms with Crippen LogP contribution in [0.3, 0.4) is 0 Å². The molecule has 2 heterocycles. The smallest absolute Gasteiger partial charge is 0.125 e. The van der Waals surface area contributed by atoms with Gasteiger partial charge in [0.2, 0.25) is 0 Å². The molecule has 4 nitrogen and oxygen atoms in total. The first-order chi connectivity index (χ1) is 10.9. The Kier molecular flexibility index (Phi) is 4.23. The highest BCUT2D eigenvalue weighted by Gasteiger charge is 2.36. The number of hydrogen-bond acceptors (Lipinski definition) is 4. The average Bonchev–Trinajstić information content (AvgIpc) is 2.52. The van der Waals surface area contributed by atoms with Gasteiger partial charge >= 0.3 is 0 Å². The van der Waals surface area contributed by atoms with Gasteiger partial charge in [-0.2, -0.15) is 5.26 Å². The zero-order valence-corrected chi connectivity index (χ0v) is 14.2. The Morgan fingerprint density at radius 1 is 1.43 bits per heavy atom. The van der Waals surface area contributed by atoms with Gasteiger partial charge in [0, 0.05) is 42.3 Å². The van der Waals surface area contributed by atoms with Gasteiger partial charge in [-0.05, 0) is 37.6 Å². The van der Waals surface area contributed by atoms with Crippen molar-refractivity contribution in [1.82, 2.24) is 4.98 Å². The van der Waals surface area contributed by atoms with E-state index < -0.39 is 5.41 Å². The number of benzene rings is 1. The molecule has 1 aliphatic rings. The fourth-order valence-electron chi connectivity index (χ4n) is 3.27. The van der Waals surface area contributed by atoms with E-state index in [0.29, 0.717) is 30.6 Å². The van der Waals surface area contributed by atoms with E-state index in [1.54, 1.807) is 19.2 Å². The number of anilines is 1. The SMILES string of the molecule is CC(F)(P)C1CC(N)CN(c2ccc(C#N)c3ncccc23)C1. The molecule has 2 N–H and O–H groups in total. The molecule has 120 valence electrons. The molecule has 0 radical (unpaired) electrons. The van der Waals surface area contributed by atoms with Gasteiger partial charge in [-0.3, -0.25) is 4.98 Å². The first kappa shape index (κ1) is 16.1. The van der Waals surface area contributed by atoms with Crippen molar-refractivity contribution in [2.24, 2.45) is 11.7 Å². The van der Waals surface area contributed by atoms with E-state index in [-0.39, 0.29) is 12.0 Å². The number of hydrogen-bond donors (Lipinski definition) is 1. The Bertz CT molecular complexity index is 765. The van der Waals surface area contributed by atoms with Crippen molar-refractivity contribution < 1.29 is 4.39 Å². The summed E-state index contributed by atoms with van der Waals surface area (Å²) in [4.78, 5) is 6.45. The lowest BCUT2D eigenvalue weighted by Gasteiger charge is -2.41. The molecule has 4 atom stereocenters. The first-order valence-corrected chi connectivity index (χ1v) is 8.24. The molecule has 1 saturated heterocycles. The number of piperidine rings is 1. The van der Waals surface area contributed by atoms with Gasteiger partial charge in [0.25, 0.3) is 0 Å². The molecule has 1 fully saturated rings. The van der Waals surface area contributed by atoms with Crippen molar-refractivity contribution in [1.29, 1.82) is 5.26 Å². The zero-order chi connectivity index (χ0) is 16.6. The molecule has 0 aliphatic carbocycles. The summed E-state index contributed by atoms with van der Waals surface area (Å²) in [6.45, 7) is 2.85. The van der Waals surface area contributed by atoms with E-state index in [1.807, 2.05) is 18.2 Å². The van der Waals surface area contributed by atoms with Gasteiger partial charge in [-0.1, -0.05) is 9.24 Å². The first-order valence-electron chi connectivity index (χ1n) is 7.66. The van der Waals surface area contributed by atoms with Crippen LogP contribution in [0.4, 0.5) is 10.1 Å². The third kappa shape index (κ3) is 3.15. The zero-order valence-electron chi connectivity index (χ0n) is 13.0. The molecule has 0 amide bonds. The van der Waals surface area contributed by atoms with Crippen LogP contribution < -0.4 is 10.6 Å². The largest absolute Gasteiger partial charge is 0.369 e. The summed E-state index contributed by atoms with van der Waals surface area (Å²) in [5, 5.41) is 8.81. The number of pyridine rings is 1. The summed E-state index contributed by atoms with van der Waals surface area (Å²) in [6, 6.07) is 9.58. The minimum absolute atomic E-state index is 0.0771. The molecule has 23 heavy (non-hydrogen) atoms. The van der Waals surface area contributed by atoms with Crippen LogP contribution in [-0.4, -0.2) is 29.5 Å². The number of nitrogens with zero attached hydrogens (tertiary/aromatic N) is 3. The number of alkyl halides is 1. The van der Waals surface area contributed by atoms with E-state index >= 15 is 0 Å². The average molecular weight is 330 g/mol. The molecule has 1 aliphatic heterocycles. The molecule has 3 rings (SSSR count). The summed E-state index contributed by atoms with van der Waals surface area (Å²) in [7, 11) is 2.29. The van der Waals surface area contributed by atoms with E-state index in [1.165, 1.54) is 0 Å². The van der Waals surface area contributed by atoms with Crippen molar-refractivity contribution in [3.8, 4) is 6.07 Å². The normalized spacial score (nSPS) is 24.2. The summed E-state index contributed by atoms with van der Waals surface area (Å²) in [6.07, 6.45) is 2.35. The van der Waals surface area contributed by atoms with Crippen LogP contribution in [0.15, 0.2) is 30.5 Å². The lowest BCUT2D eigenvalue weighted by molar-refractivity contribution is 0.177. The maximum absolute atomic E-state index is 14.4. The van der Waals surface area contributed by atoms with Crippen molar-refractivity contribution >= 4 is 25.8 Å². The van der Waals surface area contributed by atoms with Crippen LogP contribution in [0.2, 0.25) is 0 Å². The van der Waals surface area contributed by atoms with Crippen LogP contribution in [0.25, 0.3) is 10.9 Å². The molecular weight excluding hydrogens is 310 g/mol. The van der Waals surface area contributed by atoms with Crippen LogP contribution in [0, 0.1) is 17.2 Å². The second-order valence-corrected chi connectivity index (χ2v) is 7.52. The summed E-state index contributed by atoms with van der Waals surface area (Å²) in [5.41, 5.74) is 8.35. The molecule has 0 saturated carbocycles. The predicted octanol–water partition coefficient (Wildman–Crippen LogP) is 2.82. The minimum Gasteiger partial charge on any atom is -0.369 e. The van der Waals surface area contributed by atoms with Crippen molar-refractivity contribution in [2.75, 3.05) is 18.0 Å². The van der Waals surface area contributed by atoms with Crippen molar-refractivity contribution in [2.45, 2.75) is 24.8 Å². The van der Waals surface area contributed by atoms with Gasteiger partial charge in [0.1, 0.15) is 11.5 Å². The molecule has 6 heteroatoms. The van der Waals surface area contributed by atoms with Gasteiger partial charge in [-0.25, -0.2) is 4.39 Å². The number of rotatable bonds is 2. The molecule has 1 aromatic heterocycles. The third-order valence-electron chi connectivity index (χ3n) is 4.49. The minimum atomic E-state index is -1.35. The highest BCUT2D eigenvalue weighted by molar-refractivity contribution is 7.18. The summed E-state index contributed by atoms with van der Waals surface area (Å²) < 4.78 is 14.4. The van der Waals surface area contributed by atoms with Crippen LogP contribution in [0.5, 0.6) is 0 Å². The van der Waals surface area contributed by atoms with Crippen LogP contribution >= 0.6 is 9.24 Å². The third-order valence-corrected chi connectivity index (χ3v) is 4.96. The highest BCUT2D eigenvalue weighted by atomic mass is 31.0. The second-order valence-electron chi connectivity index (χ2n) is 6.39. The maximum atomic E-state index is 14.4. The van der Waals surface area contributed by atoms with E-state index in [2.05, 4.69) is 25.2 Å². The Balaban J connectivity index is 2.05. The van der Waals surface area contributed by atoms with E-state index in [0.717, 1.165) is 11.1 Å². The van der Waals surface area contributed by atoms with Gasteiger partial charge in [0.05, 0.1) is 11.1 Å². The summed E-state index contributed by atoms with van der Waals surface area (Å²) >= 11 is 0. The Labute approximate surface area is 137 Å². The summed E-state index contributed by atoms with van der Waals surface area (Å²) in [5.74, 6) is -0.154. The Morgan fingerprint density at radius 2 is 2.22 bits per heavy atom. The quantitative estimate of drug-likeness (QED) is 0.860. The molecule has 2 aromatic rings.